The van der Waals surface area contributed by atoms with Crippen LogP contribution < -0.4 is 10.2 Å². The van der Waals surface area contributed by atoms with Crippen molar-refractivity contribution in [2.45, 2.75) is 32.2 Å². The van der Waals surface area contributed by atoms with Crippen LogP contribution in [0.3, 0.4) is 0 Å². The van der Waals surface area contributed by atoms with Crippen LogP contribution in [0, 0.1) is 0 Å². The van der Waals surface area contributed by atoms with Crippen LogP contribution in [0.2, 0.25) is 10.0 Å². The summed E-state index contributed by atoms with van der Waals surface area (Å²) in [5.41, 5.74) is -0.161. The molecule has 12 heteroatoms. The first-order chi connectivity index (χ1) is 17.0. The Balaban J connectivity index is 1.63. The van der Waals surface area contributed by atoms with Crippen LogP contribution in [0.4, 0.5) is 19.0 Å². The molecule has 190 valence electrons. The van der Waals surface area contributed by atoms with Crippen LogP contribution >= 0.6 is 23.2 Å². The number of nitrogens with one attached hydrogen (secondary N) is 1. The third-order valence-corrected chi connectivity index (χ3v) is 6.58. The van der Waals surface area contributed by atoms with Crippen LogP contribution in [0.15, 0.2) is 42.5 Å². The van der Waals surface area contributed by atoms with Crippen LogP contribution in [0.1, 0.15) is 50.5 Å². The molecule has 2 aromatic carbocycles. The number of alkyl halides is 3. The number of amides is 1. The molecule has 3 aromatic rings. The number of fused-ring (bicyclic) bond motifs is 1. The summed E-state index contributed by atoms with van der Waals surface area (Å²) in [6.07, 6.45) is -4.83. The zero-order valence-corrected chi connectivity index (χ0v) is 20.7. The molecule has 1 aliphatic heterocycles. The molecule has 0 bridgehead atoms. The van der Waals surface area contributed by atoms with E-state index in [1.165, 1.54) is 23.9 Å². The largest absolute Gasteiger partial charge is 0.465 e. The second-order valence-electron chi connectivity index (χ2n) is 8.25. The molecular formula is C24H21Cl2F3N4O3. The molecule has 0 radical (unpaired) electrons. The van der Waals surface area contributed by atoms with Gasteiger partial charge in [-0.3, -0.25) is 4.79 Å². The Morgan fingerprint density at radius 1 is 1.11 bits per heavy atom. The fourth-order valence-electron chi connectivity index (χ4n) is 4.05. The Labute approximate surface area is 214 Å². The van der Waals surface area contributed by atoms with Crippen LogP contribution in [-0.4, -0.2) is 35.3 Å². The van der Waals surface area contributed by atoms with Gasteiger partial charge in [-0.15, -0.1) is 0 Å². The lowest BCUT2D eigenvalue weighted by molar-refractivity contribution is -0.141. The van der Waals surface area contributed by atoms with E-state index in [4.69, 9.17) is 23.2 Å². The normalized spacial score (nSPS) is 13.9. The number of benzene rings is 2. The number of aromatic nitrogens is 2. The highest BCUT2D eigenvalue weighted by Crippen LogP contribution is 2.39. The Hall–Kier alpha value is -3.24. The fourth-order valence-corrected chi connectivity index (χ4v) is 4.37. The van der Waals surface area contributed by atoms with E-state index in [2.05, 4.69) is 15.2 Å². The SMILES string of the molecule is COC(=O)c1ccc([C@H](C)NC(=O)c2c(C(F)(F)F)nn3c2N(Cc2ccc(Cl)c(Cl)c2)CC3)cc1. The van der Waals surface area contributed by atoms with E-state index in [1.54, 1.807) is 42.2 Å². The van der Waals surface area contributed by atoms with Gasteiger partial charge in [0.2, 0.25) is 0 Å². The number of nitrogens with zero attached hydrogens (tertiary/aromatic N) is 3. The molecule has 1 N–H and O–H groups in total. The van der Waals surface area contributed by atoms with Gasteiger partial charge >= 0.3 is 12.1 Å². The van der Waals surface area contributed by atoms with Gasteiger partial charge in [-0.1, -0.05) is 41.4 Å². The van der Waals surface area contributed by atoms with Crippen molar-refractivity contribution in [2.24, 2.45) is 0 Å². The van der Waals surface area contributed by atoms with Gasteiger partial charge in [0, 0.05) is 13.1 Å². The second-order valence-corrected chi connectivity index (χ2v) is 9.06. The van der Waals surface area contributed by atoms with Gasteiger partial charge < -0.3 is 15.0 Å². The highest BCUT2D eigenvalue weighted by Gasteiger charge is 2.44. The molecule has 7 nitrogen and oxygen atoms in total. The van der Waals surface area contributed by atoms with Crippen LogP contribution in [0.25, 0.3) is 0 Å². The van der Waals surface area contributed by atoms with Gasteiger partial charge in [-0.2, -0.15) is 18.3 Å². The Bertz CT molecular complexity index is 1310. The lowest BCUT2D eigenvalue weighted by Crippen LogP contribution is -2.31. The quantitative estimate of drug-likeness (QED) is 0.417. The van der Waals surface area contributed by atoms with Gasteiger partial charge in [-0.05, 0) is 42.3 Å². The number of rotatable bonds is 6. The lowest BCUT2D eigenvalue weighted by atomic mass is 10.1. The molecule has 36 heavy (non-hydrogen) atoms. The first-order valence-electron chi connectivity index (χ1n) is 10.9. The molecule has 1 aliphatic rings. The molecule has 0 saturated heterocycles. The summed E-state index contributed by atoms with van der Waals surface area (Å²) in [6.45, 7) is 2.41. The van der Waals surface area contributed by atoms with Gasteiger partial charge in [0.05, 0.1) is 35.3 Å². The molecular weight excluding hydrogens is 520 g/mol. The summed E-state index contributed by atoms with van der Waals surface area (Å²) in [6, 6.07) is 10.5. The second kappa shape index (κ2) is 10.0. The molecule has 0 saturated carbocycles. The summed E-state index contributed by atoms with van der Waals surface area (Å²) in [5, 5.41) is 7.03. The fraction of sp³-hybridized carbons (Fsp3) is 0.292. The van der Waals surface area contributed by atoms with E-state index in [9.17, 15) is 22.8 Å². The summed E-state index contributed by atoms with van der Waals surface area (Å²) in [4.78, 5) is 26.5. The van der Waals surface area contributed by atoms with Gasteiger partial charge in [0.15, 0.2) is 5.69 Å². The highest BCUT2D eigenvalue weighted by molar-refractivity contribution is 6.42. The predicted molar refractivity (Wildman–Crippen MR) is 128 cm³/mol. The number of hydrogen-bond acceptors (Lipinski definition) is 5. The first-order valence-corrected chi connectivity index (χ1v) is 11.6. The highest BCUT2D eigenvalue weighted by atomic mass is 35.5. The third-order valence-electron chi connectivity index (χ3n) is 5.84. The maximum atomic E-state index is 13.9. The van der Waals surface area contributed by atoms with Crippen molar-refractivity contribution in [1.29, 1.82) is 0 Å². The van der Waals surface area contributed by atoms with E-state index in [0.29, 0.717) is 27.7 Å². The average molecular weight is 541 g/mol. The van der Waals surface area contributed by atoms with E-state index < -0.39 is 35.4 Å². The first kappa shape index (κ1) is 25.8. The van der Waals surface area contributed by atoms with E-state index >= 15 is 0 Å². The lowest BCUT2D eigenvalue weighted by Gasteiger charge is -2.21. The maximum absolute atomic E-state index is 13.9. The van der Waals surface area contributed by atoms with E-state index in [1.807, 2.05) is 0 Å². The van der Waals surface area contributed by atoms with E-state index in [0.717, 1.165) is 5.56 Å². The molecule has 1 atom stereocenters. The van der Waals surface area contributed by atoms with Gasteiger partial charge in [-0.25, -0.2) is 9.48 Å². The number of halogens is 5. The molecule has 0 aliphatic carbocycles. The van der Waals surface area contributed by atoms with Gasteiger partial charge in [0.25, 0.3) is 5.91 Å². The van der Waals surface area contributed by atoms with Gasteiger partial charge in [0.1, 0.15) is 11.4 Å². The Kier molecular flexibility index (Phi) is 7.19. The number of carbonyl (C=O) groups excluding carboxylic acids is 2. The van der Waals surface area contributed by atoms with Crippen LogP contribution in [0.5, 0.6) is 0 Å². The number of methoxy groups -OCH3 is 1. The molecule has 0 unspecified atom stereocenters. The Morgan fingerprint density at radius 2 is 1.81 bits per heavy atom. The zero-order chi connectivity index (χ0) is 26.2. The van der Waals surface area contributed by atoms with E-state index in [-0.39, 0.29) is 18.9 Å². The minimum Gasteiger partial charge on any atom is -0.465 e. The monoisotopic (exact) mass is 540 g/mol. The third kappa shape index (κ3) is 5.15. The number of ether oxygens (including phenoxy) is 1. The summed E-state index contributed by atoms with van der Waals surface area (Å²) < 4.78 is 47.5. The number of esters is 1. The minimum absolute atomic E-state index is 0.0825. The number of anilines is 1. The number of carbonyl (C=O) groups is 2. The summed E-state index contributed by atoms with van der Waals surface area (Å²) in [5.74, 6) is -1.35. The minimum atomic E-state index is -4.83. The average Bonchev–Trinajstić information content (AvgIpc) is 3.41. The van der Waals surface area contributed by atoms with Crippen molar-refractivity contribution in [3.63, 3.8) is 0 Å². The van der Waals surface area contributed by atoms with Crippen molar-refractivity contribution in [1.82, 2.24) is 15.1 Å². The predicted octanol–water partition coefficient (Wildman–Crippen LogP) is 5.51. The number of hydrogen-bond donors (Lipinski definition) is 1. The summed E-state index contributed by atoms with van der Waals surface area (Å²) in [7, 11) is 1.26. The molecule has 4 rings (SSSR count). The van der Waals surface area contributed by atoms with Crippen molar-refractivity contribution in [2.75, 3.05) is 18.6 Å². The molecule has 0 spiro atoms. The molecule has 1 amide bonds. The van der Waals surface area contributed by atoms with Crippen molar-refractivity contribution in [3.05, 3.63) is 80.5 Å². The standard InChI is InChI=1S/C24H21Cl2F3N4O3/c1-13(15-4-6-16(7-5-15)23(35)36-2)30-21(34)19-20(24(27,28)29)31-33-10-9-32(22(19)33)12-14-3-8-17(25)18(26)11-14/h3-8,11,13H,9-10,12H2,1-2H3,(H,30,34)/t13-/m0/s1. The summed E-state index contributed by atoms with van der Waals surface area (Å²) >= 11 is 12.1. The Morgan fingerprint density at radius 3 is 2.42 bits per heavy atom. The molecule has 1 aromatic heterocycles. The topological polar surface area (TPSA) is 76.5 Å². The van der Waals surface area contributed by atoms with Crippen molar-refractivity contribution < 1.29 is 27.5 Å². The molecule has 0 fully saturated rings. The van der Waals surface area contributed by atoms with Crippen molar-refractivity contribution >= 4 is 40.9 Å². The maximum Gasteiger partial charge on any atom is 0.436 e. The van der Waals surface area contributed by atoms with Crippen LogP contribution in [-0.2, 0) is 24.0 Å². The smallest absolute Gasteiger partial charge is 0.436 e. The van der Waals surface area contributed by atoms with Crippen molar-refractivity contribution in [3.8, 4) is 0 Å². The molecule has 2 heterocycles. The zero-order valence-electron chi connectivity index (χ0n) is 19.2.